The fourth-order valence-electron chi connectivity index (χ4n) is 5.27. The highest BCUT2D eigenvalue weighted by atomic mass is 16.5. The summed E-state index contributed by atoms with van der Waals surface area (Å²) in [5.74, 6) is 3.29. The number of fused-ring (bicyclic) bond motifs is 2. The second-order valence-corrected chi connectivity index (χ2v) is 8.63. The zero-order chi connectivity index (χ0) is 19.5. The molecule has 1 amide bonds. The minimum absolute atomic E-state index is 0.0270. The summed E-state index contributed by atoms with van der Waals surface area (Å²) in [6.07, 6.45) is 7.43. The number of aryl methyl sites for hydroxylation is 1. The molecule has 0 aromatic carbocycles. The number of H-pyrrole nitrogens is 1. The van der Waals surface area contributed by atoms with E-state index in [1.807, 2.05) is 11.8 Å². The maximum absolute atomic E-state index is 12.5. The van der Waals surface area contributed by atoms with Gasteiger partial charge in [0.2, 0.25) is 11.9 Å². The number of carbonyl (C=O) groups excluding carboxylic acids is 1. The van der Waals surface area contributed by atoms with Crippen molar-refractivity contribution < 1.29 is 9.53 Å². The molecule has 4 rings (SSSR count). The van der Waals surface area contributed by atoms with Crippen LogP contribution in [0.15, 0.2) is 4.79 Å². The van der Waals surface area contributed by atoms with E-state index in [9.17, 15) is 9.59 Å². The SMILES string of the molecule is Cc1nc(N2CCOCC2)[nH]c(=O)c1CCC(=O)NCCC1CC2CCC1C2. The summed E-state index contributed by atoms with van der Waals surface area (Å²) in [7, 11) is 0. The fraction of sp³-hybridized carbons (Fsp3) is 0.762. The lowest BCUT2D eigenvalue weighted by Gasteiger charge is -2.27. The molecular weight excluding hydrogens is 356 g/mol. The number of nitrogens with zero attached hydrogens (tertiary/aromatic N) is 2. The minimum Gasteiger partial charge on any atom is -0.378 e. The molecule has 1 aliphatic heterocycles. The maximum Gasteiger partial charge on any atom is 0.255 e. The molecule has 1 saturated heterocycles. The Kier molecular flexibility index (Phi) is 5.99. The molecule has 7 nitrogen and oxygen atoms in total. The first kappa shape index (κ1) is 19.4. The van der Waals surface area contributed by atoms with Gasteiger partial charge in [-0.3, -0.25) is 14.6 Å². The highest BCUT2D eigenvalue weighted by Gasteiger charge is 2.38. The lowest BCUT2D eigenvalue weighted by molar-refractivity contribution is -0.121. The number of carbonyl (C=O) groups is 1. The maximum atomic E-state index is 12.5. The molecule has 28 heavy (non-hydrogen) atoms. The first-order valence-corrected chi connectivity index (χ1v) is 10.8. The van der Waals surface area contributed by atoms with E-state index in [2.05, 4.69) is 15.3 Å². The number of nitrogens with one attached hydrogen (secondary N) is 2. The van der Waals surface area contributed by atoms with Gasteiger partial charge in [-0.25, -0.2) is 4.98 Å². The summed E-state index contributed by atoms with van der Waals surface area (Å²) in [5.41, 5.74) is 1.18. The van der Waals surface area contributed by atoms with E-state index in [4.69, 9.17) is 4.74 Å². The molecule has 3 unspecified atom stereocenters. The molecule has 2 bridgehead atoms. The fourth-order valence-corrected chi connectivity index (χ4v) is 5.27. The number of morpholine rings is 1. The number of anilines is 1. The monoisotopic (exact) mass is 388 g/mol. The molecule has 3 atom stereocenters. The molecule has 3 fully saturated rings. The number of amides is 1. The highest BCUT2D eigenvalue weighted by Crippen LogP contribution is 2.49. The third kappa shape index (κ3) is 4.40. The summed E-state index contributed by atoms with van der Waals surface area (Å²) in [6, 6.07) is 0. The van der Waals surface area contributed by atoms with Crippen molar-refractivity contribution in [1.29, 1.82) is 0 Å². The van der Waals surface area contributed by atoms with Gasteiger partial charge in [-0.15, -0.1) is 0 Å². The summed E-state index contributed by atoms with van der Waals surface area (Å²) in [4.78, 5) is 34.2. The topological polar surface area (TPSA) is 87.3 Å². The molecule has 2 N–H and O–H groups in total. The molecule has 0 radical (unpaired) electrons. The van der Waals surface area contributed by atoms with Gasteiger partial charge in [-0.1, -0.05) is 6.42 Å². The van der Waals surface area contributed by atoms with Crippen LogP contribution in [-0.4, -0.2) is 48.7 Å². The minimum atomic E-state index is -0.135. The van der Waals surface area contributed by atoms with Crippen LogP contribution in [0.1, 0.15) is 49.8 Å². The lowest BCUT2D eigenvalue weighted by atomic mass is 9.86. The van der Waals surface area contributed by atoms with Crippen molar-refractivity contribution >= 4 is 11.9 Å². The summed E-state index contributed by atoms with van der Waals surface area (Å²) in [5, 5.41) is 3.05. The molecule has 2 heterocycles. The van der Waals surface area contributed by atoms with Crippen LogP contribution in [0.25, 0.3) is 0 Å². The van der Waals surface area contributed by atoms with Crippen LogP contribution in [0.3, 0.4) is 0 Å². The van der Waals surface area contributed by atoms with Crippen molar-refractivity contribution in [1.82, 2.24) is 15.3 Å². The van der Waals surface area contributed by atoms with Gasteiger partial charge in [0.1, 0.15) is 0 Å². The number of hydrogen-bond donors (Lipinski definition) is 2. The van der Waals surface area contributed by atoms with Gasteiger partial charge in [0, 0.05) is 37.3 Å². The summed E-state index contributed by atoms with van der Waals surface area (Å²) >= 11 is 0. The van der Waals surface area contributed by atoms with Crippen molar-refractivity contribution in [3.05, 3.63) is 21.6 Å². The normalized spacial score (nSPS) is 26.6. The van der Waals surface area contributed by atoms with E-state index in [1.54, 1.807) is 0 Å². The van der Waals surface area contributed by atoms with E-state index in [-0.39, 0.29) is 11.5 Å². The van der Waals surface area contributed by atoms with Crippen LogP contribution < -0.4 is 15.8 Å². The molecule has 154 valence electrons. The Morgan fingerprint density at radius 1 is 1.29 bits per heavy atom. The second kappa shape index (κ2) is 8.64. The molecule has 2 aliphatic carbocycles. The number of ether oxygens (including phenoxy) is 1. The number of aromatic nitrogens is 2. The van der Waals surface area contributed by atoms with E-state index in [0.29, 0.717) is 43.3 Å². The predicted octanol–water partition coefficient (Wildman–Crippen LogP) is 1.79. The Balaban J connectivity index is 1.24. The van der Waals surface area contributed by atoms with Crippen molar-refractivity contribution in [2.75, 3.05) is 37.7 Å². The zero-order valence-electron chi connectivity index (χ0n) is 16.8. The van der Waals surface area contributed by atoms with E-state index in [0.717, 1.165) is 43.8 Å². The van der Waals surface area contributed by atoms with Gasteiger partial charge in [-0.05, 0) is 56.8 Å². The van der Waals surface area contributed by atoms with Crippen molar-refractivity contribution in [3.8, 4) is 0 Å². The van der Waals surface area contributed by atoms with Crippen molar-refractivity contribution in [3.63, 3.8) is 0 Å². The Bertz CT molecular complexity index is 757. The Morgan fingerprint density at radius 3 is 2.79 bits per heavy atom. The summed E-state index contributed by atoms with van der Waals surface area (Å²) in [6.45, 7) is 5.36. The molecule has 2 saturated carbocycles. The standard InChI is InChI=1S/C21H32N4O3/c1-14-18(20(27)24-21(23-14)25-8-10-28-11-9-25)4-5-19(26)22-7-6-17-13-15-2-3-16(17)12-15/h15-17H,2-13H2,1H3,(H,22,26)(H,23,24,27). The largest absolute Gasteiger partial charge is 0.378 e. The van der Waals surface area contributed by atoms with Crippen LogP contribution >= 0.6 is 0 Å². The molecule has 0 spiro atoms. The van der Waals surface area contributed by atoms with Crippen LogP contribution in [0.5, 0.6) is 0 Å². The highest BCUT2D eigenvalue weighted by molar-refractivity contribution is 5.76. The Hall–Kier alpha value is -1.89. The van der Waals surface area contributed by atoms with E-state index in [1.165, 1.54) is 25.7 Å². The van der Waals surface area contributed by atoms with Gasteiger partial charge in [0.05, 0.1) is 13.2 Å². The molecule has 3 aliphatic rings. The van der Waals surface area contributed by atoms with Gasteiger partial charge in [0.15, 0.2) is 0 Å². The van der Waals surface area contributed by atoms with Crippen molar-refractivity contribution in [2.24, 2.45) is 17.8 Å². The second-order valence-electron chi connectivity index (χ2n) is 8.63. The third-order valence-corrected chi connectivity index (χ3v) is 6.84. The van der Waals surface area contributed by atoms with Crippen LogP contribution in [0, 0.1) is 24.7 Å². The van der Waals surface area contributed by atoms with Gasteiger partial charge >= 0.3 is 0 Å². The molecule has 1 aromatic heterocycles. The zero-order valence-corrected chi connectivity index (χ0v) is 16.8. The predicted molar refractivity (Wildman–Crippen MR) is 108 cm³/mol. The number of rotatable bonds is 7. The first-order chi connectivity index (χ1) is 13.6. The molecular formula is C21H32N4O3. The van der Waals surface area contributed by atoms with Gasteiger partial charge in [0.25, 0.3) is 5.56 Å². The lowest BCUT2D eigenvalue weighted by Crippen LogP contribution is -2.38. The van der Waals surface area contributed by atoms with Gasteiger partial charge < -0.3 is 15.0 Å². The van der Waals surface area contributed by atoms with E-state index < -0.39 is 0 Å². The Morgan fingerprint density at radius 2 is 2.11 bits per heavy atom. The number of aromatic amines is 1. The summed E-state index contributed by atoms with van der Waals surface area (Å²) < 4.78 is 5.34. The first-order valence-electron chi connectivity index (χ1n) is 10.8. The van der Waals surface area contributed by atoms with Gasteiger partial charge in [-0.2, -0.15) is 0 Å². The van der Waals surface area contributed by atoms with Crippen LogP contribution in [0.4, 0.5) is 5.95 Å². The van der Waals surface area contributed by atoms with E-state index >= 15 is 0 Å². The quantitative estimate of drug-likeness (QED) is 0.744. The Labute approximate surface area is 166 Å². The number of hydrogen-bond acceptors (Lipinski definition) is 5. The smallest absolute Gasteiger partial charge is 0.255 e. The van der Waals surface area contributed by atoms with Crippen LogP contribution in [-0.2, 0) is 16.0 Å². The molecule has 1 aromatic rings. The van der Waals surface area contributed by atoms with Crippen molar-refractivity contribution in [2.45, 2.75) is 51.9 Å². The average molecular weight is 389 g/mol. The third-order valence-electron chi connectivity index (χ3n) is 6.84. The average Bonchev–Trinajstić information content (AvgIpc) is 3.31. The van der Waals surface area contributed by atoms with Crippen LogP contribution in [0.2, 0.25) is 0 Å². The molecule has 7 heteroatoms.